The highest BCUT2D eigenvalue weighted by molar-refractivity contribution is 5.11. The second kappa shape index (κ2) is 5.11. The zero-order valence-electron chi connectivity index (χ0n) is 10.8. The first-order valence-corrected chi connectivity index (χ1v) is 7.30. The van der Waals surface area contributed by atoms with E-state index in [1.165, 1.54) is 44.9 Å². The van der Waals surface area contributed by atoms with Crippen molar-refractivity contribution in [1.29, 1.82) is 0 Å². The van der Waals surface area contributed by atoms with Gasteiger partial charge in [-0.3, -0.25) is 0 Å². The molecule has 4 unspecified atom stereocenters. The summed E-state index contributed by atoms with van der Waals surface area (Å²) in [6, 6.07) is 0. The SMILES string of the molecule is CC(OC1CCCCC1)OC1CC2C=CC1C2. The number of allylic oxidation sites excluding steroid dienone is 1. The summed E-state index contributed by atoms with van der Waals surface area (Å²) in [6.45, 7) is 2.07. The summed E-state index contributed by atoms with van der Waals surface area (Å²) >= 11 is 0. The van der Waals surface area contributed by atoms with Crippen LogP contribution >= 0.6 is 0 Å². The van der Waals surface area contributed by atoms with Crippen LogP contribution in [0.15, 0.2) is 12.2 Å². The van der Waals surface area contributed by atoms with Gasteiger partial charge in [-0.25, -0.2) is 0 Å². The second-order valence-corrected chi connectivity index (χ2v) is 5.92. The molecule has 2 heteroatoms. The molecular formula is C15H24O2. The van der Waals surface area contributed by atoms with Gasteiger partial charge < -0.3 is 9.47 Å². The fourth-order valence-electron chi connectivity index (χ4n) is 3.64. The summed E-state index contributed by atoms with van der Waals surface area (Å²) in [5.74, 6) is 1.45. The molecule has 0 aromatic heterocycles. The van der Waals surface area contributed by atoms with Gasteiger partial charge in [0.15, 0.2) is 6.29 Å². The molecule has 2 bridgehead atoms. The molecule has 17 heavy (non-hydrogen) atoms. The van der Waals surface area contributed by atoms with Crippen LogP contribution in [0.25, 0.3) is 0 Å². The standard InChI is InChI=1S/C15H24O2/c1-11(16-14-5-3-2-4-6-14)17-15-10-12-7-8-13(15)9-12/h7-8,11-15H,2-6,9-10H2,1H3. The van der Waals surface area contributed by atoms with Crippen molar-refractivity contribution in [2.24, 2.45) is 11.8 Å². The van der Waals surface area contributed by atoms with Gasteiger partial charge in [0.2, 0.25) is 0 Å². The van der Waals surface area contributed by atoms with Crippen molar-refractivity contribution in [3.8, 4) is 0 Å². The van der Waals surface area contributed by atoms with Crippen LogP contribution in [0, 0.1) is 11.8 Å². The van der Waals surface area contributed by atoms with Crippen molar-refractivity contribution < 1.29 is 9.47 Å². The molecule has 0 saturated heterocycles. The summed E-state index contributed by atoms with van der Waals surface area (Å²) in [5, 5.41) is 0. The Balaban J connectivity index is 1.44. The Bertz CT molecular complexity index is 281. The van der Waals surface area contributed by atoms with Gasteiger partial charge in [-0.2, -0.15) is 0 Å². The molecule has 0 heterocycles. The van der Waals surface area contributed by atoms with Crippen LogP contribution in [0.4, 0.5) is 0 Å². The maximum Gasteiger partial charge on any atom is 0.155 e. The predicted molar refractivity (Wildman–Crippen MR) is 67.6 cm³/mol. The smallest absolute Gasteiger partial charge is 0.155 e. The van der Waals surface area contributed by atoms with Gasteiger partial charge in [0.25, 0.3) is 0 Å². The minimum Gasteiger partial charge on any atom is -0.350 e. The van der Waals surface area contributed by atoms with Gasteiger partial charge in [0, 0.05) is 5.92 Å². The van der Waals surface area contributed by atoms with E-state index in [2.05, 4.69) is 19.1 Å². The lowest BCUT2D eigenvalue weighted by molar-refractivity contribution is -0.193. The number of fused-ring (bicyclic) bond motifs is 2. The maximum absolute atomic E-state index is 6.07. The van der Waals surface area contributed by atoms with E-state index < -0.39 is 0 Å². The maximum atomic E-state index is 6.07. The average Bonchev–Trinajstić information content (AvgIpc) is 2.92. The molecule has 3 aliphatic carbocycles. The normalized spacial score (nSPS) is 38.8. The van der Waals surface area contributed by atoms with Crippen LogP contribution in [0.3, 0.4) is 0 Å². The van der Waals surface area contributed by atoms with E-state index in [1.807, 2.05) is 0 Å². The Labute approximate surface area is 104 Å². The minimum atomic E-state index is -0.0177. The monoisotopic (exact) mass is 236 g/mol. The predicted octanol–water partition coefficient (Wildman–Crippen LogP) is 3.66. The lowest BCUT2D eigenvalue weighted by atomic mass is 9.98. The molecule has 0 spiro atoms. The molecule has 3 rings (SSSR count). The highest BCUT2D eigenvalue weighted by Gasteiger charge is 2.37. The zero-order chi connectivity index (χ0) is 11.7. The van der Waals surface area contributed by atoms with E-state index in [0.29, 0.717) is 18.1 Å². The van der Waals surface area contributed by atoms with Gasteiger partial charge >= 0.3 is 0 Å². The Kier molecular flexibility index (Phi) is 3.53. The quantitative estimate of drug-likeness (QED) is 0.548. The van der Waals surface area contributed by atoms with Crippen LogP contribution in [-0.4, -0.2) is 18.5 Å². The zero-order valence-corrected chi connectivity index (χ0v) is 10.8. The number of hydrogen-bond donors (Lipinski definition) is 0. The average molecular weight is 236 g/mol. The molecule has 0 N–H and O–H groups in total. The van der Waals surface area contributed by atoms with Crippen LogP contribution in [0.1, 0.15) is 51.9 Å². The Morgan fingerprint density at radius 3 is 2.47 bits per heavy atom. The first-order valence-electron chi connectivity index (χ1n) is 7.30. The fraction of sp³-hybridized carbons (Fsp3) is 0.867. The molecule has 96 valence electrons. The van der Waals surface area contributed by atoms with Crippen molar-refractivity contribution in [2.45, 2.75) is 70.4 Å². The Hall–Kier alpha value is -0.340. The Morgan fingerprint density at radius 2 is 1.82 bits per heavy atom. The van der Waals surface area contributed by atoms with E-state index in [-0.39, 0.29) is 6.29 Å². The van der Waals surface area contributed by atoms with Crippen LogP contribution in [0.2, 0.25) is 0 Å². The highest BCUT2D eigenvalue weighted by Crippen LogP contribution is 2.41. The van der Waals surface area contributed by atoms with Crippen LogP contribution in [0.5, 0.6) is 0 Å². The summed E-state index contributed by atoms with van der Waals surface area (Å²) in [7, 11) is 0. The van der Waals surface area contributed by atoms with Crippen molar-refractivity contribution in [1.82, 2.24) is 0 Å². The molecule has 4 atom stereocenters. The first-order chi connectivity index (χ1) is 8.31. The van der Waals surface area contributed by atoms with Crippen LogP contribution in [-0.2, 0) is 9.47 Å². The third-order valence-corrected chi connectivity index (χ3v) is 4.52. The van der Waals surface area contributed by atoms with Crippen molar-refractivity contribution in [3.63, 3.8) is 0 Å². The van der Waals surface area contributed by atoms with E-state index >= 15 is 0 Å². The van der Waals surface area contributed by atoms with E-state index in [9.17, 15) is 0 Å². The molecule has 3 aliphatic rings. The molecule has 2 saturated carbocycles. The third-order valence-electron chi connectivity index (χ3n) is 4.52. The summed E-state index contributed by atoms with van der Waals surface area (Å²) in [6.07, 6.45) is 14.6. The topological polar surface area (TPSA) is 18.5 Å². The molecule has 0 aromatic rings. The largest absolute Gasteiger partial charge is 0.350 e. The second-order valence-electron chi connectivity index (χ2n) is 5.92. The number of hydrogen-bond acceptors (Lipinski definition) is 2. The van der Waals surface area contributed by atoms with Crippen molar-refractivity contribution in [2.75, 3.05) is 0 Å². The number of ether oxygens (including phenoxy) is 2. The molecule has 0 radical (unpaired) electrons. The fourth-order valence-corrected chi connectivity index (χ4v) is 3.64. The molecule has 0 amide bonds. The summed E-state index contributed by atoms with van der Waals surface area (Å²) < 4.78 is 12.1. The van der Waals surface area contributed by atoms with Crippen LogP contribution < -0.4 is 0 Å². The van der Waals surface area contributed by atoms with Gasteiger partial charge in [0.1, 0.15) is 0 Å². The van der Waals surface area contributed by atoms with Crippen molar-refractivity contribution in [3.05, 3.63) is 12.2 Å². The minimum absolute atomic E-state index is 0.0177. The third kappa shape index (κ3) is 2.74. The van der Waals surface area contributed by atoms with E-state index in [1.54, 1.807) is 0 Å². The van der Waals surface area contributed by atoms with Crippen molar-refractivity contribution >= 4 is 0 Å². The van der Waals surface area contributed by atoms with E-state index in [0.717, 1.165) is 5.92 Å². The van der Waals surface area contributed by atoms with Gasteiger partial charge in [-0.15, -0.1) is 0 Å². The Morgan fingerprint density at radius 1 is 1.00 bits per heavy atom. The molecule has 0 aromatic carbocycles. The molecule has 2 fully saturated rings. The molecule has 0 aliphatic heterocycles. The summed E-state index contributed by atoms with van der Waals surface area (Å²) in [4.78, 5) is 0. The van der Waals surface area contributed by atoms with Gasteiger partial charge in [0.05, 0.1) is 12.2 Å². The number of rotatable bonds is 4. The lowest BCUT2D eigenvalue weighted by Crippen LogP contribution is -2.29. The summed E-state index contributed by atoms with van der Waals surface area (Å²) in [5.41, 5.74) is 0. The van der Waals surface area contributed by atoms with Gasteiger partial charge in [-0.1, -0.05) is 31.4 Å². The lowest BCUT2D eigenvalue weighted by Gasteiger charge is -2.29. The van der Waals surface area contributed by atoms with Gasteiger partial charge in [-0.05, 0) is 38.5 Å². The highest BCUT2D eigenvalue weighted by atomic mass is 16.7. The van der Waals surface area contributed by atoms with E-state index in [4.69, 9.17) is 9.47 Å². The molecule has 2 nitrogen and oxygen atoms in total. The first kappa shape index (κ1) is 11.7. The molecular weight excluding hydrogens is 212 g/mol.